The number of para-hydroxylation sites is 1. The molecule has 4 nitrogen and oxygen atoms in total. The van der Waals surface area contributed by atoms with Crippen molar-refractivity contribution in [3.8, 4) is 0 Å². The molecule has 22 heavy (non-hydrogen) atoms. The predicted molar refractivity (Wildman–Crippen MR) is 88.8 cm³/mol. The fourth-order valence-electron chi connectivity index (χ4n) is 3.68. The monoisotopic (exact) mass is 301 g/mol. The lowest BCUT2D eigenvalue weighted by atomic mass is 10.1. The first-order valence-electron chi connectivity index (χ1n) is 8.36. The van der Waals surface area contributed by atoms with Crippen molar-refractivity contribution < 1.29 is 14.6 Å². The molecule has 0 bridgehead atoms. The van der Waals surface area contributed by atoms with E-state index in [1.165, 1.54) is 24.5 Å². The number of benzene rings is 1. The van der Waals surface area contributed by atoms with E-state index in [-0.39, 0.29) is 0 Å². The van der Waals surface area contributed by atoms with Gasteiger partial charge in [0, 0.05) is 23.6 Å². The summed E-state index contributed by atoms with van der Waals surface area (Å²) in [5.74, 6) is 0.296. The predicted octanol–water partition coefficient (Wildman–Crippen LogP) is -0.527. The Morgan fingerprint density at radius 2 is 1.77 bits per heavy atom. The van der Waals surface area contributed by atoms with E-state index < -0.39 is 0 Å². The van der Waals surface area contributed by atoms with Gasteiger partial charge in [-0.05, 0) is 19.9 Å². The number of likely N-dealkylation sites (N-methyl/N-ethyl adjacent to an activating group) is 1. The van der Waals surface area contributed by atoms with Gasteiger partial charge in [-0.15, -0.1) is 0 Å². The lowest BCUT2D eigenvalue weighted by Gasteiger charge is -2.28. The Kier molecular flexibility index (Phi) is 4.32. The van der Waals surface area contributed by atoms with Crippen LogP contribution in [0.4, 0.5) is 0 Å². The minimum atomic E-state index is 0.296. The van der Waals surface area contributed by atoms with Crippen molar-refractivity contribution in [3.63, 3.8) is 0 Å². The van der Waals surface area contributed by atoms with Crippen molar-refractivity contribution in [2.45, 2.75) is 13.8 Å². The topological polar surface area (TPSA) is 30.9 Å². The van der Waals surface area contributed by atoms with Gasteiger partial charge in [-0.1, -0.05) is 18.2 Å². The summed E-state index contributed by atoms with van der Waals surface area (Å²) in [5, 5.41) is 1.10. The van der Waals surface area contributed by atoms with E-state index in [4.69, 9.17) is 0 Å². The van der Waals surface area contributed by atoms with Gasteiger partial charge in [0.25, 0.3) is 0 Å². The number of rotatable bonds is 4. The van der Waals surface area contributed by atoms with E-state index in [2.05, 4.69) is 30.5 Å². The van der Waals surface area contributed by atoms with E-state index in [9.17, 15) is 4.79 Å². The largest absolute Gasteiger partial charge is 0.347 e. The zero-order valence-corrected chi connectivity index (χ0v) is 13.9. The maximum Gasteiger partial charge on any atom is 0.219 e. The Balaban J connectivity index is 1.80. The first kappa shape index (κ1) is 15.3. The van der Waals surface area contributed by atoms with Crippen molar-refractivity contribution in [3.05, 3.63) is 35.5 Å². The molecule has 118 valence electrons. The summed E-state index contributed by atoms with van der Waals surface area (Å²) < 4.78 is 2.14. The second-order valence-corrected chi connectivity index (χ2v) is 6.49. The van der Waals surface area contributed by atoms with Gasteiger partial charge in [-0.2, -0.15) is 0 Å². The summed E-state index contributed by atoms with van der Waals surface area (Å²) in [6.45, 7) is 10.7. The average molecular weight is 301 g/mol. The quantitative estimate of drug-likeness (QED) is 0.731. The number of ketones is 1. The van der Waals surface area contributed by atoms with E-state index in [1.807, 2.05) is 19.2 Å². The van der Waals surface area contributed by atoms with Crippen LogP contribution in [0.25, 0.3) is 10.9 Å². The van der Waals surface area contributed by atoms with Crippen LogP contribution in [0.2, 0.25) is 0 Å². The van der Waals surface area contributed by atoms with E-state index in [1.54, 1.807) is 4.90 Å². The number of quaternary nitrogens is 2. The van der Waals surface area contributed by atoms with Crippen LogP contribution < -0.4 is 9.80 Å². The molecule has 2 heterocycles. The Bertz CT molecular complexity index is 681. The molecular weight excluding hydrogens is 274 g/mol. The van der Waals surface area contributed by atoms with Gasteiger partial charge >= 0.3 is 0 Å². The Hall–Kier alpha value is -1.65. The molecular formula is C18H27N3O+2. The second kappa shape index (κ2) is 6.23. The number of piperazine rings is 1. The molecule has 0 amide bonds. The lowest BCUT2D eigenvalue weighted by molar-refractivity contribution is -1.01. The number of nitrogens with one attached hydrogen (secondary N) is 2. The maximum absolute atomic E-state index is 12.9. The Morgan fingerprint density at radius 1 is 1.14 bits per heavy atom. The second-order valence-electron chi connectivity index (χ2n) is 6.49. The van der Waals surface area contributed by atoms with E-state index in [0.29, 0.717) is 12.3 Å². The molecule has 1 aliphatic heterocycles. The number of carbonyl (C=O) groups is 1. The number of hydrogen-bond donors (Lipinski definition) is 2. The van der Waals surface area contributed by atoms with E-state index in [0.717, 1.165) is 35.2 Å². The fraction of sp³-hybridized carbons (Fsp3) is 0.500. The van der Waals surface area contributed by atoms with Crippen LogP contribution in [0.5, 0.6) is 0 Å². The number of aryl methyl sites for hydroxylation is 1. The first-order valence-corrected chi connectivity index (χ1v) is 8.36. The van der Waals surface area contributed by atoms with Crippen LogP contribution >= 0.6 is 0 Å². The van der Waals surface area contributed by atoms with Gasteiger partial charge in [0.2, 0.25) is 5.78 Å². The molecule has 1 aromatic carbocycles. The van der Waals surface area contributed by atoms with Crippen molar-refractivity contribution in [1.29, 1.82) is 0 Å². The number of nitrogens with zero attached hydrogens (tertiary/aromatic N) is 1. The van der Waals surface area contributed by atoms with Crippen LogP contribution in [0, 0.1) is 6.92 Å². The highest BCUT2D eigenvalue weighted by Crippen LogP contribution is 2.24. The zero-order chi connectivity index (χ0) is 15.7. The molecule has 0 atom stereocenters. The molecule has 4 heteroatoms. The van der Waals surface area contributed by atoms with Crippen LogP contribution in [-0.4, -0.2) is 49.6 Å². The number of fused-ring (bicyclic) bond motifs is 1. The third-order valence-corrected chi connectivity index (χ3v) is 5.25. The van der Waals surface area contributed by atoms with Crippen molar-refractivity contribution in [2.75, 3.05) is 39.3 Å². The molecule has 2 N–H and O–H groups in total. The van der Waals surface area contributed by atoms with Crippen LogP contribution in [-0.2, 0) is 7.05 Å². The number of aromatic nitrogens is 1. The first-order chi connectivity index (χ1) is 10.6. The van der Waals surface area contributed by atoms with Gasteiger partial charge in [-0.25, -0.2) is 0 Å². The number of carbonyl (C=O) groups excluding carboxylic acids is 1. The molecule has 1 saturated heterocycles. The summed E-state index contributed by atoms with van der Waals surface area (Å²) in [5.41, 5.74) is 3.16. The smallest absolute Gasteiger partial charge is 0.219 e. The van der Waals surface area contributed by atoms with Crippen LogP contribution in [0.15, 0.2) is 24.3 Å². The van der Waals surface area contributed by atoms with Crippen LogP contribution in [0.3, 0.4) is 0 Å². The zero-order valence-electron chi connectivity index (χ0n) is 13.9. The normalized spacial score (nSPS) is 22.1. The molecule has 0 spiro atoms. The van der Waals surface area contributed by atoms with Crippen molar-refractivity contribution >= 4 is 16.7 Å². The highest BCUT2D eigenvalue weighted by molar-refractivity contribution is 6.09. The number of Topliss-reactive ketones (excluding diaryl/α,β-unsaturated/α-hetero) is 1. The number of hydrogen-bond acceptors (Lipinski definition) is 1. The molecule has 0 saturated carbocycles. The van der Waals surface area contributed by atoms with Crippen molar-refractivity contribution in [1.82, 2.24) is 4.57 Å². The van der Waals surface area contributed by atoms with Crippen LogP contribution in [0.1, 0.15) is 23.0 Å². The lowest BCUT2D eigenvalue weighted by Crippen LogP contribution is -3.28. The third kappa shape index (κ3) is 2.69. The average Bonchev–Trinajstić information content (AvgIpc) is 2.80. The Labute approximate surface area is 132 Å². The minimum absolute atomic E-state index is 0.296. The van der Waals surface area contributed by atoms with E-state index >= 15 is 0 Å². The summed E-state index contributed by atoms with van der Waals surface area (Å²) in [6, 6.07) is 8.22. The molecule has 1 aliphatic rings. The summed E-state index contributed by atoms with van der Waals surface area (Å²) in [7, 11) is 2.05. The molecule has 1 fully saturated rings. The minimum Gasteiger partial charge on any atom is -0.347 e. The molecule has 1 aromatic heterocycles. The van der Waals surface area contributed by atoms with Gasteiger partial charge in [0.05, 0.1) is 12.1 Å². The molecule has 3 rings (SSSR count). The Morgan fingerprint density at radius 3 is 2.45 bits per heavy atom. The maximum atomic E-state index is 12.9. The van der Waals surface area contributed by atoms with Gasteiger partial charge in [0.1, 0.15) is 32.7 Å². The summed E-state index contributed by atoms with van der Waals surface area (Å²) in [6.07, 6.45) is 0. The fourth-order valence-corrected chi connectivity index (χ4v) is 3.68. The molecule has 0 aliphatic carbocycles. The van der Waals surface area contributed by atoms with Gasteiger partial charge in [-0.3, -0.25) is 4.79 Å². The molecule has 0 unspecified atom stereocenters. The molecule has 0 radical (unpaired) electrons. The highest BCUT2D eigenvalue weighted by atomic mass is 16.1. The molecule has 2 aromatic rings. The van der Waals surface area contributed by atoms with Gasteiger partial charge < -0.3 is 14.4 Å². The van der Waals surface area contributed by atoms with Gasteiger partial charge in [0.15, 0.2) is 0 Å². The summed E-state index contributed by atoms with van der Waals surface area (Å²) >= 11 is 0. The SMILES string of the molecule is CC[NH+]1CC[NH+](CC(=O)c2c(C)n(C)c3ccccc23)CC1. The highest BCUT2D eigenvalue weighted by Gasteiger charge is 2.26. The third-order valence-electron chi connectivity index (χ3n) is 5.25. The standard InChI is InChI=1S/C18H25N3O/c1-4-20-9-11-21(12-10-20)13-17(22)18-14(2)19(3)16-8-6-5-7-15(16)18/h5-8H,4,9-13H2,1-3H3/p+2. The van der Waals surface area contributed by atoms with Crippen molar-refractivity contribution in [2.24, 2.45) is 7.05 Å². The summed E-state index contributed by atoms with van der Waals surface area (Å²) in [4.78, 5) is 16.0.